The first-order valence-corrected chi connectivity index (χ1v) is 9.41. The predicted octanol–water partition coefficient (Wildman–Crippen LogP) is 3.59. The summed E-state index contributed by atoms with van der Waals surface area (Å²) in [6.07, 6.45) is 7.33. The molecule has 1 amide bonds. The van der Waals surface area contributed by atoms with Gasteiger partial charge in [-0.05, 0) is 31.0 Å². The monoisotopic (exact) mass is 390 g/mol. The summed E-state index contributed by atoms with van der Waals surface area (Å²) >= 11 is 6.17. The molecule has 7 nitrogen and oxygen atoms in total. The number of carbonyl (C=O) groups excluding carboxylic acids is 1. The van der Waals surface area contributed by atoms with Crippen LogP contribution in [0.25, 0.3) is 0 Å². The molecule has 2 aromatic rings. The zero-order valence-electron chi connectivity index (χ0n) is 15.1. The van der Waals surface area contributed by atoms with Gasteiger partial charge in [0.05, 0.1) is 23.0 Å². The number of nitrogens with zero attached hydrogens (tertiary/aromatic N) is 2. The Hall–Kier alpha value is -2.38. The highest BCUT2D eigenvalue weighted by Crippen LogP contribution is 2.28. The number of nitrogens with one attached hydrogen (secondary N) is 2. The van der Waals surface area contributed by atoms with E-state index in [0.29, 0.717) is 11.6 Å². The van der Waals surface area contributed by atoms with E-state index in [2.05, 4.69) is 20.6 Å². The molecule has 0 spiro atoms. The molecule has 1 unspecified atom stereocenters. The molecule has 1 aliphatic rings. The van der Waals surface area contributed by atoms with E-state index in [0.717, 1.165) is 25.7 Å². The van der Waals surface area contributed by atoms with E-state index in [1.165, 1.54) is 18.7 Å². The van der Waals surface area contributed by atoms with Gasteiger partial charge in [0.1, 0.15) is 17.8 Å². The van der Waals surface area contributed by atoms with Gasteiger partial charge in [-0.2, -0.15) is 4.98 Å². The number of hydrogen-bond donors (Lipinski definition) is 3. The van der Waals surface area contributed by atoms with Gasteiger partial charge in [-0.15, -0.1) is 0 Å². The number of aromatic nitrogens is 2. The molecule has 8 heteroatoms. The molecule has 1 saturated carbocycles. The van der Waals surface area contributed by atoms with Crippen LogP contribution < -0.4 is 15.4 Å². The lowest BCUT2D eigenvalue weighted by molar-refractivity contribution is 0.0463. The molecule has 1 heterocycles. The molecule has 0 aliphatic heterocycles. The highest BCUT2D eigenvalue weighted by Gasteiger charge is 2.24. The van der Waals surface area contributed by atoms with Crippen LogP contribution in [0.15, 0.2) is 30.6 Å². The van der Waals surface area contributed by atoms with Crippen LogP contribution in [0.2, 0.25) is 5.02 Å². The fourth-order valence-electron chi connectivity index (χ4n) is 3.16. The van der Waals surface area contributed by atoms with Crippen molar-refractivity contribution in [3.63, 3.8) is 0 Å². The van der Waals surface area contributed by atoms with Crippen LogP contribution in [0.5, 0.6) is 11.6 Å². The van der Waals surface area contributed by atoms with Crippen LogP contribution in [0.4, 0.5) is 5.82 Å². The van der Waals surface area contributed by atoms with Crippen molar-refractivity contribution >= 4 is 23.3 Å². The minimum atomic E-state index is -0.878. The third-order valence-corrected chi connectivity index (χ3v) is 4.98. The van der Waals surface area contributed by atoms with Crippen molar-refractivity contribution < 1.29 is 14.6 Å². The normalized spacial score (nSPS) is 15.8. The van der Waals surface area contributed by atoms with Crippen molar-refractivity contribution in [2.45, 2.75) is 38.3 Å². The summed E-state index contributed by atoms with van der Waals surface area (Å²) in [4.78, 5) is 20.8. The number of benzene rings is 1. The van der Waals surface area contributed by atoms with Crippen molar-refractivity contribution in [3.05, 3.63) is 41.2 Å². The van der Waals surface area contributed by atoms with Gasteiger partial charge in [-0.25, -0.2) is 0 Å². The number of halogens is 1. The van der Waals surface area contributed by atoms with Crippen molar-refractivity contribution in [2.75, 3.05) is 12.4 Å². The third kappa shape index (κ3) is 5.08. The zero-order chi connectivity index (χ0) is 19.2. The molecule has 1 aromatic carbocycles. The molecule has 3 rings (SSSR count). The largest absolute Gasteiger partial charge is 0.437 e. The molecule has 3 N–H and O–H groups in total. The van der Waals surface area contributed by atoms with Gasteiger partial charge in [0.25, 0.3) is 5.91 Å². The molecule has 0 radical (unpaired) electrons. The van der Waals surface area contributed by atoms with Crippen LogP contribution in [0.1, 0.15) is 42.5 Å². The highest BCUT2D eigenvalue weighted by molar-refractivity contribution is 6.33. The second-order valence-corrected chi connectivity index (χ2v) is 6.96. The van der Waals surface area contributed by atoms with Crippen molar-refractivity contribution in [1.82, 2.24) is 15.3 Å². The lowest BCUT2D eigenvalue weighted by Gasteiger charge is -2.27. The fraction of sp³-hybridized carbons (Fsp3) is 0.421. The lowest BCUT2D eigenvalue weighted by Crippen LogP contribution is -2.41. The van der Waals surface area contributed by atoms with Gasteiger partial charge in [0.15, 0.2) is 0 Å². The zero-order valence-corrected chi connectivity index (χ0v) is 15.9. The van der Waals surface area contributed by atoms with E-state index < -0.39 is 12.1 Å². The number of carbonyl (C=O) groups is 1. The maximum Gasteiger partial charge on any atom is 0.254 e. The first-order chi connectivity index (χ1) is 13.1. The molecule has 0 bridgehead atoms. The number of anilines is 1. The number of aliphatic hydroxyl groups excluding tert-OH is 1. The van der Waals surface area contributed by atoms with Crippen LogP contribution in [-0.4, -0.2) is 34.3 Å². The summed E-state index contributed by atoms with van der Waals surface area (Å²) in [5.74, 6) is 0.908. The fourth-order valence-corrected chi connectivity index (χ4v) is 3.36. The average molecular weight is 391 g/mol. The summed E-state index contributed by atoms with van der Waals surface area (Å²) in [5, 5.41) is 16.1. The standard InChI is InChI=1S/C19H23ClN4O3/c1-21-16-10-22-11-17(23-16)27-13-7-8-15(20)14(9-13)19(26)24-18(25)12-5-3-2-4-6-12/h7-12,18,25H,2-6H2,1H3,(H,21,23)(H,24,26). The second-order valence-electron chi connectivity index (χ2n) is 6.55. The summed E-state index contributed by atoms with van der Waals surface area (Å²) in [5.41, 5.74) is 0.238. The van der Waals surface area contributed by atoms with E-state index in [1.807, 2.05) is 0 Å². The Morgan fingerprint density at radius 1 is 1.30 bits per heavy atom. The Balaban J connectivity index is 1.71. The Morgan fingerprint density at radius 3 is 2.81 bits per heavy atom. The number of ether oxygens (including phenoxy) is 1. The molecule has 144 valence electrons. The van der Waals surface area contributed by atoms with Crippen LogP contribution in [0, 0.1) is 5.92 Å². The van der Waals surface area contributed by atoms with Gasteiger partial charge in [0.2, 0.25) is 5.88 Å². The summed E-state index contributed by atoms with van der Waals surface area (Å²) < 4.78 is 5.67. The van der Waals surface area contributed by atoms with Crippen molar-refractivity contribution in [3.8, 4) is 11.6 Å². The number of rotatable bonds is 6. The summed E-state index contributed by atoms with van der Waals surface area (Å²) in [6.45, 7) is 0. The molecule has 1 aromatic heterocycles. The predicted molar refractivity (Wildman–Crippen MR) is 103 cm³/mol. The van der Waals surface area contributed by atoms with Gasteiger partial charge in [-0.1, -0.05) is 30.9 Å². The molecule has 1 fully saturated rings. The van der Waals surface area contributed by atoms with E-state index in [9.17, 15) is 9.90 Å². The Kier molecular flexibility index (Phi) is 6.47. The van der Waals surface area contributed by atoms with E-state index in [1.54, 1.807) is 25.4 Å². The first-order valence-electron chi connectivity index (χ1n) is 9.03. The topological polar surface area (TPSA) is 96.4 Å². The first kappa shape index (κ1) is 19.4. The molecule has 27 heavy (non-hydrogen) atoms. The summed E-state index contributed by atoms with van der Waals surface area (Å²) in [6, 6.07) is 4.75. The minimum absolute atomic E-state index is 0.0838. The van der Waals surface area contributed by atoms with Crippen LogP contribution in [-0.2, 0) is 0 Å². The summed E-state index contributed by atoms with van der Waals surface area (Å²) in [7, 11) is 1.73. The van der Waals surface area contributed by atoms with Gasteiger partial charge >= 0.3 is 0 Å². The highest BCUT2D eigenvalue weighted by atomic mass is 35.5. The quantitative estimate of drug-likeness (QED) is 0.652. The SMILES string of the molecule is CNc1cncc(Oc2ccc(Cl)c(C(=O)NC(O)C3CCCCC3)c2)n1. The van der Waals surface area contributed by atoms with Crippen LogP contribution >= 0.6 is 11.6 Å². The lowest BCUT2D eigenvalue weighted by atomic mass is 9.88. The number of aliphatic hydroxyl groups is 1. The minimum Gasteiger partial charge on any atom is -0.437 e. The second kappa shape index (κ2) is 9.01. The average Bonchev–Trinajstić information content (AvgIpc) is 2.70. The Bertz CT molecular complexity index is 796. The number of hydrogen-bond acceptors (Lipinski definition) is 6. The molecular weight excluding hydrogens is 368 g/mol. The number of amides is 1. The van der Waals surface area contributed by atoms with Gasteiger partial charge in [-0.3, -0.25) is 9.78 Å². The smallest absolute Gasteiger partial charge is 0.254 e. The molecule has 0 saturated heterocycles. The van der Waals surface area contributed by atoms with E-state index >= 15 is 0 Å². The van der Waals surface area contributed by atoms with Gasteiger partial charge < -0.3 is 20.5 Å². The van der Waals surface area contributed by atoms with Gasteiger partial charge in [0, 0.05) is 13.0 Å². The molecular formula is C19H23ClN4O3. The van der Waals surface area contributed by atoms with Crippen LogP contribution in [0.3, 0.4) is 0 Å². The molecule has 1 aliphatic carbocycles. The maximum absolute atomic E-state index is 12.6. The maximum atomic E-state index is 12.6. The van der Waals surface area contributed by atoms with Crippen molar-refractivity contribution in [1.29, 1.82) is 0 Å². The third-order valence-electron chi connectivity index (χ3n) is 4.65. The molecule has 1 atom stereocenters. The van der Waals surface area contributed by atoms with E-state index in [4.69, 9.17) is 16.3 Å². The van der Waals surface area contributed by atoms with Crippen molar-refractivity contribution in [2.24, 2.45) is 5.92 Å². The Labute approximate surface area is 163 Å². The van der Waals surface area contributed by atoms with E-state index in [-0.39, 0.29) is 22.4 Å². The Morgan fingerprint density at radius 2 is 2.07 bits per heavy atom.